The van der Waals surface area contributed by atoms with E-state index < -0.39 is 23.7 Å². The van der Waals surface area contributed by atoms with Gasteiger partial charge in [-0.1, -0.05) is 64.7 Å². The van der Waals surface area contributed by atoms with Crippen molar-refractivity contribution in [2.75, 3.05) is 6.61 Å². The quantitative estimate of drug-likeness (QED) is 0.356. The van der Waals surface area contributed by atoms with E-state index in [9.17, 15) is 9.59 Å². The molecule has 0 bridgehead atoms. The van der Waals surface area contributed by atoms with Gasteiger partial charge < -0.3 is 14.8 Å². The predicted molar refractivity (Wildman–Crippen MR) is 102 cm³/mol. The molecule has 0 saturated heterocycles. The molecule has 1 amide bonds. The predicted octanol–water partition coefficient (Wildman–Crippen LogP) is 5.36. The maximum atomic E-state index is 11.8. The van der Waals surface area contributed by atoms with Gasteiger partial charge in [0, 0.05) is 0 Å². The average molecular weight is 358 g/mol. The molecule has 1 N–H and O–H groups in total. The van der Waals surface area contributed by atoms with Crippen LogP contribution >= 0.6 is 0 Å². The first-order chi connectivity index (χ1) is 11.8. The van der Waals surface area contributed by atoms with Gasteiger partial charge in [0.05, 0.1) is 6.61 Å². The molecule has 0 unspecified atom stereocenters. The summed E-state index contributed by atoms with van der Waals surface area (Å²) in [5.41, 5.74) is -0.580. The molecule has 5 nitrogen and oxygen atoms in total. The highest BCUT2D eigenvalue weighted by Crippen LogP contribution is 2.10. The van der Waals surface area contributed by atoms with E-state index in [2.05, 4.69) is 12.2 Å². The number of hydrogen-bond acceptors (Lipinski definition) is 4. The second kappa shape index (κ2) is 14.0. The maximum Gasteiger partial charge on any atom is 0.408 e. The van der Waals surface area contributed by atoms with E-state index in [-0.39, 0.29) is 0 Å². The molecule has 0 saturated carbocycles. The minimum atomic E-state index is -0.696. The van der Waals surface area contributed by atoms with E-state index in [1.54, 1.807) is 27.7 Å². The first-order valence-corrected chi connectivity index (χ1v) is 9.92. The Balaban J connectivity index is 3.55. The SMILES string of the molecule is CCCCCCCCCCCCOC(=O)[C@H](C)NC(=O)OC(C)(C)C. The Morgan fingerprint density at radius 1 is 0.880 bits per heavy atom. The molecule has 0 aliphatic heterocycles. The summed E-state index contributed by atoms with van der Waals surface area (Å²) in [6, 6.07) is -0.696. The molecule has 0 heterocycles. The highest BCUT2D eigenvalue weighted by Gasteiger charge is 2.21. The lowest BCUT2D eigenvalue weighted by molar-refractivity contribution is -0.145. The number of amides is 1. The van der Waals surface area contributed by atoms with Crippen LogP contribution in [0.15, 0.2) is 0 Å². The van der Waals surface area contributed by atoms with Crippen LogP contribution in [0.3, 0.4) is 0 Å². The summed E-state index contributed by atoms with van der Waals surface area (Å²) < 4.78 is 10.3. The number of carbonyl (C=O) groups is 2. The van der Waals surface area contributed by atoms with E-state index in [4.69, 9.17) is 9.47 Å². The fourth-order valence-corrected chi connectivity index (χ4v) is 2.43. The Labute approximate surface area is 154 Å². The minimum Gasteiger partial charge on any atom is -0.464 e. The molecule has 0 aliphatic rings. The molecule has 0 radical (unpaired) electrons. The lowest BCUT2D eigenvalue weighted by Gasteiger charge is -2.21. The molecule has 1 atom stereocenters. The third kappa shape index (κ3) is 16.0. The van der Waals surface area contributed by atoms with Crippen LogP contribution in [0.25, 0.3) is 0 Å². The molecule has 0 fully saturated rings. The third-order valence-corrected chi connectivity index (χ3v) is 3.83. The fourth-order valence-electron chi connectivity index (χ4n) is 2.43. The summed E-state index contributed by atoms with van der Waals surface area (Å²) >= 11 is 0. The third-order valence-electron chi connectivity index (χ3n) is 3.83. The van der Waals surface area contributed by atoms with Crippen LogP contribution in [-0.2, 0) is 14.3 Å². The number of ether oxygens (including phenoxy) is 2. The van der Waals surface area contributed by atoms with Crippen molar-refractivity contribution in [1.29, 1.82) is 0 Å². The van der Waals surface area contributed by atoms with E-state index >= 15 is 0 Å². The van der Waals surface area contributed by atoms with Crippen LogP contribution in [0.2, 0.25) is 0 Å². The molecule has 0 rings (SSSR count). The van der Waals surface area contributed by atoms with Gasteiger partial charge in [-0.05, 0) is 34.1 Å². The molecule has 148 valence electrons. The number of esters is 1. The molecule has 0 spiro atoms. The smallest absolute Gasteiger partial charge is 0.408 e. The number of rotatable bonds is 13. The molecule has 0 aromatic carbocycles. The van der Waals surface area contributed by atoms with Crippen LogP contribution in [0.5, 0.6) is 0 Å². The zero-order valence-corrected chi connectivity index (χ0v) is 17.0. The van der Waals surface area contributed by atoms with Crippen molar-refractivity contribution in [3.63, 3.8) is 0 Å². The molecule has 0 aromatic rings. The summed E-state index contributed by atoms with van der Waals surface area (Å²) in [6.07, 6.45) is 11.8. The van der Waals surface area contributed by atoms with Gasteiger partial charge in [0.2, 0.25) is 0 Å². The molecule has 0 aromatic heterocycles. The summed E-state index contributed by atoms with van der Waals surface area (Å²) in [5, 5.41) is 2.49. The van der Waals surface area contributed by atoms with Gasteiger partial charge in [-0.15, -0.1) is 0 Å². The van der Waals surface area contributed by atoms with E-state index in [0.29, 0.717) is 6.61 Å². The summed E-state index contributed by atoms with van der Waals surface area (Å²) in [7, 11) is 0. The summed E-state index contributed by atoms with van der Waals surface area (Å²) in [4.78, 5) is 23.4. The van der Waals surface area contributed by atoms with Gasteiger partial charge in [0.1, 0.15) is 11.6 Å². The van der Waals surface area contributed by atoms with E-state index in [1.165, 1.54) is 51.4 Å². The normalized spacial score (nSPS) is 12.5. The van der Waals surface area contributed by atoms with Crippen molar-refractivity contribution in [3.05, 3.63) is 0 Å². The fraction of sp³-hybridized carbons (Fsp3) is 0.900. The lowest BCUT2D eigenvalue weighted by atomic mass is 10.1. The van der Waals surface area contributed by atoms with Crippen LogP contribution in [0.4, 0.5) is 4.79 Å². The Hall–Kier alpha value is -1.26. The molecular formula is C20H39NO4. The topological polar surface area (TPSA) is 64.6 Å². The number of hydrogen-bond donors (Lipinski definition) is 1. The Morgan fingerprint density at radius 3 is 1.84 bits per heavy atom. The van der Waals surface area contributed by atoms with Crippen LogP contribution in [0.1, 0.15) is 98.8 Å². The maximum absolute atomic E-state index is 11.8. The molecule has 5 heteroatoms. The van der Waals surface area contributed by atoms with Gasteiger partial charge in [-0.25, -0.2) is 9.59 Å². The standard InChI is InChI=1S/C20H39NO4/c1-6-7-8-9-10-11-12-13-14-15-16-24-18(22)17(2)21-19(23)25-20(3,4)5/h17H,6-16H2,1-5H3,(H,21,23)/t17-/m0/s1. The number of unbranched alkanes of at least 4 members (excludes halogenated alkanes) is 9. The van der Waals surface area contributed by atoms with Gasteiger partial charge in [-0.3, -0.25) is 0 Å². The van der Waals surface area contributed by atoms with Crippen molar-refractivity contribution >= 4 is 12.1 Å². The van der Waals surface area contributed by atoms with Gasteiger partial charge in [0.25, 0.3) is 0 Å². The summed E-state index contributed by atoms with van der Waals surface area (Å²) in [5.74, 6) is -0.415. The van der Waals surface area contributed by atoms with Gasteiger partial charge in [-0.2, -0.15) is 0 Å². The monoisotopic (exact) mass is 357 g/mol. The van der Waals surface area contributed by atoms with Crippen molar-refractivity contribution in [1.82, 2.24) is 5.32 Å². The first kappa shape index (κ1) is 23.7. The zero-order valence-electron chi connectivity index (χ0n) is 17.0. The van der Waals surface area contributed by atoms with E-state index in [0.717, 1.165) is 12.8 Å². The van der Waals surface area contributed by atoms with Crippen molar-refractivity contribution in [3.8, 4) is 0 Å². The Bertz CT molecular complexity index is 363. The van der Waals surface area contributed by atoms with Crippen LogP contribution in [0, 0.1) is 0 Å². The molecule has 0 aliphatic carbocycles. The van der Waals surface area contributed by atoms with Crippen molar-refractivity contribution < 1.29 is 19.1 Å². The number of alkyl carbamates (subject to hydrolysis) is 1. The van der Waals surface area contributed by atoms with E-state index in [1.807, 2.05) is 0 Å². The average Bonchev–Trinajstić information content (AvgIpc) is 2.50. The lowest BCUT2D eigenvalue weighted by Crippen LogP contribution is -2.42. The number of nitrogens with one attached hydrogen (secondary N) is 1. The van der Waals surface area contributed by atoms with Crippen molar-refractivity contribution in [2.24, 2.45) is 0 Å². The van der Waals surface area contributed by atoms with Gasteiger partial charge >= 0.3 is 12.1 Å². The summed E-state index contributed by atoms with van der Waals surface area (Å²) in [6.45, 7) is 9.59. The largest absolute Gasteiger partial charge is 0.464 e. The number of carbonyl (C=O) groups excluding carboxylic acids is 2. The highest BCUT2D eigenvalue weighted by molar-refractivity contribution is 5.80. The zero-order chi connectivity index (χ0) is 19.1. The second-order valence-corrected chi connectivity index (χ2v) is 7.72. The Kier molecular flexibility index (Phi) is 13.3. The Morgan fingerprint density at radius 2 is 1.36 bits per heavy atom. The first-order valence-electron chi connectivity index (χ1n) is 9.92. The molecule has 25 heavy (non-hydrogen) atoms. The minimum absolute atomic E-state index is 0.412. The van der Waals surface area contributed by atoms with Crippen LogP contribution in [-0.4, -0.2) is 30.3 Å². The van der Waals surface area contributed by atoms with Crippen molar-refractivity contribution in [2.45, 2.75) is 110 Å². The molecular weight excluding hydrogens is 318 g/mol. The highest BCUT2D eigenvalue weighted by atomic mass is 16.6. The van der Waals surface area contributed by atoms with Crippen LogP contribution < -0.4 is 5.32 Å². The van der Waals surface area contributed by atoms with Gasteiger partial charge in [0.15, 0.2) is 0 Å². The second-order valence-electron chi connectivity index (χ2n) is 7.72.